The summed E-state index contributed by atoms with van der Waals surface area (Å²) in [6, 6.07) is 0.256. The molecule has 2 atom stereocenters. The second-order valence-corrected chi connectivity index (χ2v) is 4.48. The van der Waals surface area contributed by atoms with Gasteiger partial charge in [0.1, 0.15) is 6.33 Å². The van der Waals surface area contributed by atoms with Crippen LogP contribution in [0.25, 0.3) is 11.2 Å². The summed E-state index contributed by atoms with van der Waals surface area (Å²) in [5.41, 5.74) is 6.95. The highest BCUT2D eigenvalue weighted by Gasteiger charge is 2.28. The molecule has 0 aliphatic heterocycles. The summed E-state index contributed by atoms with van der Waals surface area (Å²) in [7, 11) is 0. The molecule has 0 radical (unpaired) electrons. The van der Waals surface area contributed by atoms with Crippen molar-refractivity contribution in [1.29, 1.82) is 0 Å². The number of anilines is 1. The molecule has 1 fully saturated rings. The van der Waals surface area contributed by atoms with E-state index in [0.29, 0.717) is 22.9 Å². The molecule has 0 spiro atoms. The Labute approximate surface area is 97.7 Å². The highest BCUT2D eigenvalue weighted by atomic mass is 16.3. The van der Waals surface area contributed by atoms with Crippen LogP contribution in [0, 0.1) is 5.92 Å². The zero-order chi connectivity index (χ0) is 11.8. The topological polar surface area (TPSA) is 103 Å². The predicted molar refractivity (Wildman–Crippen MR) is 61.0 cm³/mol. The molecule has 17 heavy (non-hydrogen) atoms. The van der Waals surface area contributed by atoms with Gasteiger partial charge in [-0.2, -0.15) is 0 Å². The normalized spacial score (nSPS) is 24.5. The lowest BCUT2D eigenvalue weighted by atomic mass is 10.1. The number of nitrogens with two attached hydrogens (primary N) is 1. The van der Waals surface area contributed by atoms with Crippen LogP contribution in [0.5, 0.6) is 0 Å². The molecule has 2 unspecified atom stereocenters. The fourth-order valence-electron chi connectivity index (χ4n) is 2.46. The SMILES string of the molecule is Nc1ncnc2c1nnn2C1CCC(CO)C1. The Morgan fingerprint density at radius 2 is 2.29 bits per heavy atom. The van der Waals surface area contributed by atoms with Crippen LogP contribution in [0.1, 0.15) is 25.3 Å². The first-order chi connectivity index (χ1) is 8.29. The van der Waals surface area contributed by atoms with Gasteiger partial charge >= 0.3 is 0 Å². The molecule has 3 N–H and O–H groups in total. The molecule has 0 bridgehead atoms. The molecule has 3 rings (SSSR count). The lowest BCUT2D eigenvalue weighted by molar-refractivity contribution is 0.225. The van der Waals surface area contributed by atoms with E-state index in [1.807, 2.05) is 4.68 Å². The van der Waals surface area contributed by atoms with E-state index in [-0.39, 0.29) is 12.6 Å². The molecule has 0 saturated heterocycles. The number of aliphatic hydroxyl groups is 1. The monoisotopic (exact) mass is 234 g/mol. The van der Waals surface area contributed by atoms with Crippen LogP contribution in [0.4, 0.5) is 5.82 Å². The summed E-state index contributed by atoms with van der Waals surface area (Å²) in [5.74, 6) is 0.719. The van der Waals surface area contributed by atoms with E-state index >= 15 is 0 Å². The predicted octanol–water partition coefficient (Wildman–Crippen LogP) is 0.137. The number of nitrogen functional groups attached to an aromatic ring is 1. The van der Waals surface area contributed by atoms with Crippen LogP contribution in [0.2, 0.25) is 0 Å². The number of aromatic nitrogens is 5. The van der Waals surface area contributed by atoms with Gasteiger partial charge in [-0.25, -0.2) is 14.6 Å². The number of aliphatic hydroxyl groups excluding tert-OH is 1. The highest BCUT2D eigenvalue weighted by Crippen LogP contribution is 2.35. The van der Waals surface area contributed by atoms with Crippen LogP contribution < -0.4 is 5.73 Å². The Bertz CT molecular complexity index is 539. The molecule has 2 aromatic heterocycles. The number of hydrogen-bond acceptors (Lipinski definition) is 6. The Balaban J connectivity index is 1.99. The summed E-state index contributed by atoms with van der Waals surface area (Å²) in [6.45, 7) is 0.236. The van der Waals surface area contributed by atoms with E-state index in [1.165, 1.54) is 6.33 Å². The maximum absolute atomic E-state index is 9.15. The van der Waals surface area contributed by atoms with Gasteiger partial charge in [0, 0.05) is 6.61 Å². The number of hydrogen-bond donors (Lipinski definition) is 2. The molecule has 90 valence electrons. The third kappa shape index (κ3) is 1.62. The number of nitrogens with zero attached hydrogens (tertiary/aromatic N) is 5. The van der Waals surface area contributed by atoms with Gasteiger partial charge in [0.15, 0.2) is 17.0 Å². The van der Waals surface area contributed by atoms with Gasteiger partial charge < -0.3 is 10.8 Å². The minimum absolute atomic E-state index is 0.236. The van der Waals surface area contributed by atoms with Crippen molar-refractivity contribution in [3.63, 3.8) is 0 Å². The van der Waals surface area contributed by atoms with Gasteiger partial charge in [-0.3, -0.25) is 0 Å². The van der Waals surface area contributed by atoms with Crippen molar-refractivity contribution in [2.45, 2.75) is 25.3 Å². The number of rotatable bonds is 2. The van der Waals surface area contributed by atoms with Gasteiger partial charge in [-0.1, -0.05) is 5.21 Å². The zero-order valence-corrected chi connectivity index (χ0v) is 9.32. The van der Waals surface area contributed by atoms with Crippen molar-refractivity contribution in [3.05, 3.63) is 6.33 Å². The average molecular weight is 234 g/mol. The van der Waals surface area contributed by atoms with E-state index in [2.05, 4.69) is 20.3 Å². The molecule has 0 amide bonds. The molecule has 7 nitrogen and oxygen atoms in total. The van der Waals surface area contributed by atoms with E-state index in [1.54, 1.807) is 0 Å². The first kappa shape index (κ1) is 10.4. The standard InChI is InChI=1S/C10H14N6O/c11-9-8-10(13-5-12-9)16(15-14-8)7-2-1-6(3-7)4-17/h5-7,17H,1-4H2,(H2,11,12,13). The van der Waals surface area contributed by atoms with Crippen molar-refractivity contribution >= 4 is 17.0 Å². The smallest absolute Gasteiger partial charge is 0.184 e. The van der Waals surface area contributed by atoms with E-state index in [4.69, 9.17) is 10.8 Å². The van der Waals surface area contributed by atoms with Gasteiger partial charge in [-0.05, 0) is 25.2 Å². The summed E-state index contributed by atoms with van der Waals surface area (Å²) >= 11 is 0. The fraction of sp³-hybridized carbons (Fsp3) is 0.600. The molecule has 0 aromatic carbocycles. The van der Waals surface area contributed by atoms with Crippen LogP contribution in [0.15, 0.2) is 6.33 Å². The molecule has 2 aromatic rings. The molecular formula is C10H14N6O. The Kier molecular flexibility index (Phi) is 2.40. The maximum Gasteiger partial charge on any atom is 0.184 e. The van der Waals surface area contributed by atoms with E-state index < -0.39 is 0 Å². The van der Waals surface area contributed by atoms with Crippen LogP contribution >= 0.6 is 0 Å². The third-order valence-corrected chi connectivity index (χ3v) is 3.41. The largest absolute Gasteiger partial charge is 0.396 e. The van der Waals surface area contributed by atoms with Gasteiger partial charge in [-0.15, -0.1) is 5.10 Å². The minimum Gasteiger partial charge on any atom is -0.396 e. The lowest BCUT2D eigenvalue weighted by Crippen LogP contribution is -2.09. The van der Waals surface area contributed by atoms with E-state index in [9.17, 15) is 0 Å². The van der Waals surface area contributed by atoms with Crippen molar-refractivity contribution < 1.29 is 5.11 Å². The molecule has 1 saturated carbocycles. The van der Waals surface area contributed by atoms with Gasteiger partial charge in [0.2, 0.25) is 0 Å². The fourth-order valence-corrected chi connectivity index (χ4v) is 2.46. The maximum atomic E-state index is 9.15. The average Bonchev–Trinajstić information content (AvgIpc) is 2.94. The summed E-state index contributed by atoms with van der Waals surface area (Å²) < 4.78 is 1.81. The first-order valence-corrected chi connectivity index (χ1v) is 5.72. The first-order valence-electron chi connectivity index (χ1n) is 5.72. The Hall–Kier alpha value is -1.76. The molecular weight excluding hydrogens is 220 g/mol. The lowest BCUT2D eigenvalue weighted by Gasteiger charge is -2.10. The quantitative estimate of drug-likeness (QED) is 0.766. The minimum atomic E-state index is 0.236. The van der Waals surface area contributed by atoms with Gasteiger partial charge in [0.25, 0.3) is 0 Å². The molecule has 2 heterocycles. The third-order valence-electron chi connectivity index (χ3n) is 3.41. The van der Waals surface area contributed by atoms with Crippen molar-refractivity contribution in [2.24, 2.45) is 5.92 Å². The zero-order valence-electron chi connectivity index (χ0n) is 9.32. The molecule has 1 aliphatic rings. The highest BCUT2D eigenvalue weighted by molar-refractivity contribution is 5.80. The van der Waals surface area contributed by atoms with Crippen molar-refractivity contribution in [3.8, 4) is 0 Å². The number of fused-ring (bicyclic) bond motifs is 1. The summed E-state index contributed by atoms with van der Waals surface area (Å²) in [6.07, 6.45) is 4.35. The molecule has 7 heteroatoms. The summed E-state index contributed by atoms with van der Waals surface area (Å²) in [4.78, 5) is 8.07. The summed E-state index contributed by atoms with van der Waals surface area (Å²) in [5, 5.41) is 17.3. The van der Waals surface area contributed by atoms with Crippen LogP contribution in [-0.2, 0) is 0 Å². The van der Waals surface area contributed by atoms with Gasteiger partial charge in [0.05, 0.1) is 6.04 Å². The Morgan fingerprint density at radius 1 is 1.41 bits per heavy atom. The van der Waals surface area contributed by atoms with Crippen LogP contribution in [0.3, 0.4) is 0 Å². The molecule has 1 aliphatic carbocycles. The van der Waals surface area contributed by atoms with E-state index in [0.717, 1.165) is 19.3 Å². The van der Waals surface area contributed by atoms with Crippen LogP contribution in [-0.4, -0.2) is 36.7 Å². The Morgan fingerprint density at radius 3 is 3.06 bits per heavy atom. The van der Waals surface area contributed by atoms with Crippen molar-refractivity contribution in [1.82, 2.24) is 25.0 Å². The second-order valence-electron chi connectivity index (χ2n) is 4.48. The van der Waals surface area contributed by atoms with Crippen molar-refractivity contribution in [2.75, 3.05) is 12.3 Å². The second kappa shape index (κ2) is 3.92.